The molecule has 0 rings (SSSR count). The molecule has 5 nitrogen and oxygen atoms in total. The largest absolute Gasteiger partial charge is 0.463 e. The quantitative estimate of drug-likeness (QED) is 0.0478. The standard InChI is InChI=1S/C37H68O5/c1-3-5-7-9-11-13-15-17-18-20-22-24-26-28-30-32-37(40)42-34-35(38)33-41-36(39)31-29-27-25-23-21-19-16-14-12-10-8-6-4-2/h13,15,19,21,35,38H,3-12,14,16-18,20,22-34H2,1-2H3/b15-13-,21-19-/t35-/m1/s1. The highest BCUT2D eigenvalue weighted by Crippen LogP contribution is 2.12. The smallest absolute Gasteiger partial charge is 0.305 e. The highest BCUT2D eigenvalue weighted by atomic mass is 16.6. The van der Waals surface area contributed by atoms with E-state index < -0.39 is 6.10 Å². The Morgan fingerprint density at radius 1 is 0.476 bits per heavy atom. The first kappa shape index (κ1) is 40.4. The van der Waals surface area contributed by atoms with E-state index in [0.29, 0.717) is 12.8 Å². The predicted octanol–water partition coefficient (Wildman–Crippen LogP) is 10.7. The fourth-order valence-electron chi connectivity index (χ4n) is 4.90. The summed E-state index contributed by atoms with van der Waals surface area (Å²) < 4.78 is 10.3. The maximum absolute atomic E-state index is 11.9. The first-order valence-electron chi connectivity index (χ1n) is 17.9. The van der Waals surface area contributed by atoms with Crippen LogP contribution in [-0.2, 0) is 19.1 Å². The predicted molar refractivity (Wildman–Crippen MR) is 178 cm³/mol. The lowest BCUT2D eigenvalue weighted by atomic mass is 10.1. The van der Waals surface area contributed by atoms with Crippen LogP contribution in [0.15, 0.2) is 24.3 Å². The number of ether oxygens (including phenoxy) is 2. The van der Waals surface area contributed by atoms with Crippen molar-refractivity contribution in [2.75, 3.05) is 13.2 Å². The van der Waals surface area contributed by atoms with E-state index >= 15 is 0 Å². The number of rotatable bonds is 32. The molecule has 0 saturated heterocycles. The van der Waals surface area contributed by atoms with Gasteiger partial charge in [-0.05, 0) is 64.2 Å². The number of carbonyl (C=O) groups excluding carboxylic acids is 2. The van der Waals surface area contributed by atoms with Gasteiger partial charge in [-0.2, -0.15) is 0 Å². The molecule has 0 fully saturated rings. The third-order valence-electron chi connectivity index (χ3n) is 7.66. The summed E-state index contributed by atoms with van der Waals surface area (Å²) in [5.41, 5.74) is 0. The van der Waals surface area contributed by atoms with E-state index in [9.17, 15) is 14.7 Å². The first-order valence-corrected chi connectivity index (χ1v) is 17.9. The summed E-state index contributed by atoms with van der Waals surface area (Å²) in [6, 6.07) is 0. The zero-order valence-electron chi connectivity index (χ0n) is 27.8. The maximum Gasteiger partial charge on any atom is 0.305 e. The molecular formula is C37H68O5. The van der Waals surface area contributed by atoms with Crippen molar-refractivity contribution in [2.45, 2.75) is 187 Å². The molecule has 0 amide bonds. The molecule has 0 aliphatic rings. The molecule has 246 valence electrons. The summed E-state index contributed by atoms with van der Waals surface area (Å²) >= 11 is 0. The van der Waals surface area contributed by atoms with Crippen LogP contribution >= 0.6 is 0 Å². The van der Waals surface area contributed by atoms with E-state index in [1.165, 1.54) is 109 Å². The number of hydrogen-bond acceptors (Lipinski definition) is 5. The number of aliphatic hydroxyl groups is 1. The van der Waals surface area contributed by atoms with Gasteiger partial charge in [0.2, 0.25) is 0 Å². The lowest BCUT2D eigenvalue weighted by molar-refractivity contribution is -0.152. The van der Waals surface area contributed by atoms with E-state index in [1.54, 1.807) is 0 Å². The molecular weight excluding hydrogens is 524 g/mol. The van der Waals surface area contributed by atoms with E-state index in [4.69, 9.17) is 9.47 Å². The summed E-state index contributed by atoms with van der Waals surface area (Å²) in [5.74, 6) is -0.587. The Morgan fingerprint density at radius 3 is 1.14 bits per heavy atom. The zero-order chi connectivity index (χ0) is 30.8. The Labute approximate surface area is 260 Å². The molecule has 0 aromatic carbocycles. The first-order chi connectivity index (χ1) is 20.6. The third kappa shape index (κ3) is 32.9. The van der Waals surface area contributed by atoms with Crippen molar-refractivity contribution in [2.24, 2.45) is 0 Å². The average Bonchev–Trinajstić information content (AvgIpc) is 2.99. The Balaban J connectivity index is 3.46. The van der Waals surface area contributed by atoms with Gasteiger partial charge in [0.15, 0.2) is 0 Å². The normalized spacial score (nSPS) is 12.4. The maximum atomic E-state index is 11.9. The van der Waals surface area contributed by atoms with Gasteiger partial charge in [-0.25, -0.2) is 0 Å². The van der Waals surface area contributed by atoms with Crippen LogP contribution in [0.3, 0.4) is 0 Å². The second-order valence-corrected chi connectivity index (χ2v) is 12.0. The number of esters is 2. The van der Waals surface area contributed by atoms with Crippen LogP contribution in [0.25, 0.3) is 0 Å². The minimum Gasteiger partial charge on any atom is -0.463 e. The molecule has 1 N–H and O–H groups in total. The molecule has 0 heterocycles. The second kappa shape index (κ2) is 33.9. The molecule has 0 radical (unpaired) electrons. The summed E-state index contributed by atoms with van der Waals surface area (Å²) in [7, 11) is 0. The molecule has 1 atom stereocenters. The SMILES string of the molecule is CCCCCC/C=C\CCCCCCCCCC(=O)OC[C@H](O)COC(=O)CCCCC/C=C\CCCCCCCC. The fraction of sp³-hybridized carbons (Fsp3) is 0.838. The van der Waals surface area contributed by atoms with E-state index in [0.717, 1.165) is 44.9 Å². The summed E-state index contributed by atoms with van der Waals surface area (Å²) in [4.78, 5) is 23.8. The van der Waals surface area contributed by atoms with Gasteiger partial charge in [-0.1, -0.05) is 128 Å². The van der Waals surface area contributed by atoms with Crippen LogP contribution < -0.4 is 0 Å². The molecule has 42 heavy (non-hydrogen) atoms. The van der Waals surface area contributed by atoms with Gasteiger partial charge in [-0.15, -0.1) is 0 Å². The number of allylic oxidation sites excluding steroid dienone is 4. The molecule has 0 aromatic rings. The molecule has 0 aromatic heterocycles. The van der Waals surface area contributed by atoms with Gasteiger partial charge in [0, 0.05) is 12.8 Å². The lowest BCUT2D eigenvalue weighted by Gasteiger charge is -2.12. The number of unbranched alkanes of at least 4 members (excludes halogenated alkanes) is 20. The highest BCUT2D eigenvalue weighted by Gasteiger charge is 2.12. The molecule has 0 unspecified atom stereocenters. The van der Waals surface area contributed by atoms with Crippen molar-refractivity contribution in [1.29, 1.82) is 0 Å². The van der Waals surface area contributed by atoms with E-state index in [-0.39, 0.29) is 25.2 Å². The third-order valence-corrected chi connectivity index (χ3v) is 7.66. The Bertz CT molecular complexity index is 642. The number of aliphatic hydroxyl groups excluding tert-OH is 1. The van der Waals surface area contributed by atoms with Gasteiger partial charge in [0.1, 0.15) is 19.3 Å². The van der Waals surface area contributed by atoms with Crippen molar-refractivity contribution in [3.8, 4) is 0 Å². The minimum atomic E-state index is -0.967. The molecule has 0 saturated carbocycles. The van der Waals surface area contributed by atoms with Crippen LogP contribution in [0.4, 0.5) is 0 Å². The van der Waals surface area contributed by atoms with Crippen LogP contribution in [0.1, 0.15) is 181 Å². The summed E-state index contributed by atoms with van der Waals surface area (Å²) in [5, 5.41) is 9.97. The molecule has 5 heteroatoms. The number of hydrogen-bond donors (Lipinski definition) is 1. The van der Waals surface area contributed by atoms with Gasteiger partial charge in [0.25, 0.3) is 0 Å². The topological polar surface area (TPSA) is 72.8 Å². The molecule has 0 aliphatic heterocycles. The molecule has 0 bridgehead atoms. The van der Waals surface area contributed by atoms with Crippen molar-refractivity contribution in [3.63, 3.8) is 0 Å². The van der Waals surface area contributed by atoms with Crippen LogP contribution in [0.2, 0.25) is 0 Å². The monoisotopic (exact) mass is 593 g/mol. The van der Waals surface area contributed by atoms with Crippen molar-refractivity contribution >= 4 is 11.9 Å². The fourth-order valence-corrected chi connectivity index (χ4v) is 4.90. The molecule has 0 aliphatic carbocycles. The van der Waals surface area contributed by atoms with Crippen molar-refractivity contribution < 1.29 is 24.2 Å². The van der Waals surface area contributed by atoms with Crippen molar-refractivity contribution in [3.05, 3.63) is 24.3 Å². The number of carbonyl (C=O) groups is 2. The average molecular weight is 593 g/mol. The van der Waals surface area contributed by atoms with Crippen LogP contribution in [-0.4, -0.2) is 36.4 Å². The Hall–Kier alpha value is -1.62. The lowest BCUT2D eigenvalue weighted by Crippen LogP contribution is -2.25. The Morgan fingerprint density at radius 2 is 0.762 bits per heavy atom. The van der Waals surface area contributed by atoms with Crippen LogP contribution in [0, 0.1) is 0 Å². The summed E-state index contributed by atoms with van der Waals surface area (Å²) in [6.07, 6.45) is 37.9. The molecule has 0 spiro atoms. The van der Waals surface area contributed by atoms with Crippen LogP contribution in [0.5, 0.6) is 0 Å². The minimum absolute atomic E-state index is 0.121. The Kier molecular flexibility index (Phi) is 32.6. The second-order valence-electron chi connectivity index (χ2n) is 12.0. The summed E-state index contributed by atoms with van der Waals surface area (Å²) in [6.45, 7) is 4.26. The zero-order valence-corrected chi connectivity index (χ0v) is 27.8. The van der Waals surface area contributed by atoms with Gasteiger partial charge >= 0.3 is 11.9 Å². The highest BCUT2D eigenvalue weighted by molar-refractivity contribution is 5.69. The van der Waals surface area contributed by atoms with E-state index in [2.05, 4.69) is 38.2 Å². The van der Waals surface area contributed by atoms with Gasteiger partial charge in [-0.3, -0.25) is 9.59 Å². The van der Waals surface area contributed by atoms with Gasteiger partial charge < -0.3 is 14.6 Å². The van der Waals surface area contributed by atoms with Crippen molar-refractivity contribution in [1.82, 2.24) is 0 Å². The van der Waals surface area contributed by atoms with Gasteiger partial charge in [0.05, 0.1) is 0 Å². The van der Waals surface area contributed by atoms with E-state index in [1.807, 2.05) is 0 Å².